The minimum Gasteiger partial charge on any atom is -0.462 e. The van der Waals surface area contributed by atoms with Crippen molar-refractivity contribution in [2.24, 2.45) is 0 Å². The topological polar surface area (TPSA) is 78.9 Å². The summed E-state index contributed by atoms with van der Waals surface area (Å²) >= 11 is 0. The fourth-order valence-electron chi connectivity index (χ4n) is 7.47. The molecule has 0 radical (unpaired) electrons. The summed E-state index contributed by atoms with van der Waals surface area (Å²) in [5.74, 6) is -0.939. The van der Waals surface area contributed by atoms with Crippen molar-refractivity contribution in [2.75, 3.05) is 13.2 Å². The van der Waals surface area contributed by atoms with Gasteiger partial charge < -0.3 is 14.2 Å². The Morgan fingerprint density at radius 3 is 0.938 bits per heavy atom. The number of unbranched alkanes of at least 4 members (excludes halogenated alkanes) is 26. The van der Waals surface area contributed by atoms with E-state index in [4.69, 9.17) is 14.2 Å². The lowest BCUT2D eigenvalue weighted by molar-refractivity contribution is -0.167. The Bertz CT molecular complexity index is 1230. The average Bonchev–Trinajstić information content (AvgIpc) is 3.30. The largest absolute Gasteiger partial charge is 0.462 e. The van der Waals surface area contributed by atoms with Crippen molar-refractivity contribution in [1.29, 1.82) is 0 Å². The standard InChI is InChI=1S/C59H102O6/c1-4-7-10-13-16-19-22-25-27-28-29-30-32-35-38-41-44-47-50-53-59(62)65-56(54-63-57(60)51-48-45-42-39-36-33-24-21-18-15-12-9-6-3)55-64-58(61)52-49-46-43-40-37-34-31-26-23-20-17-14-11-8-5-2/h16,19,21,24-27,29-31,35,38,56H,4-15,17-18,20,22-23,28,32-34,36-37,39-55H2,1-3H3/b19-16-,24-21-,27-25-,30-29-,31-26-,38-35-/t56-/m0/s1. The molecule has 6 heteroatoms. The highest BCUT2D eigenvalue weighted by Crippen LogP contribution is 2.14. The molecular weight excluding hydrogens is 805 g/mol. The first kappa shape index (κ1) is 61.9. The zero-order valence-corrected chi connectivity index (χ0v) is 42.7. The molecule has 374 valence electrons. The van der Waals surface area contributed by atoms with Crippen LogP contribution in [0.4, 0.5) is 0 Å². The van der Waals surface area contributed by atoms with Crippen molar-refractivity contribution in [3.63, 3.8) is 0 Å². The molecule has 0 aromatic carbocycles. The molecule has 0 saturated heterocycles. The number of allylic oxidation sites excluding steroid dienone is 12. The van der Waals surface area contributed by atoms with Gasteiger partial charge in [-0.2, -0.15) is 0 Å². The average molecular weight is 907 g/mol. The number of hydrogen-bond donors (Lipinski definition) is 0. The molecule has 0 rings (SSSR count). The summed E-state index contributed by atoms with van der Waals surface area (Å²) in [4.78, 5) is 38.0. The molecule has 0 aromatic rings. The van der Waals surface area contributed by atoms with Gasteiger partial charge in [-0.3, -0.25) is 14.4 Å². The molecule has 0 fully saturated rings. The van der Waals surface area contributed by atoms with Crippen LogP contribution in [0.15, 0.2) is 72.9 Å². The summed E-state index contributed by atoms with van der Waals surface area (Å²) in [5.41, 5.74) is 0. The van der Waals surface area contributed by atoms with E-state index in [9.17, 15) is 14.4 Å². The molecule has 0 amide bonds. The van der Waals surface area contributed by atoms with Crippen molar-refractivity contribution < 1.29 is 28.6 Å². The summed E-state index contributed by atoms with van der Waals surface area (Å²) in [5, 5.41) is 0. The molecule has 0 aliphatic carbocycles. The number of carbonyl (C=O) groups is 3. The van der Waals surface area contributed by atoms with Crippen LogP contribution in [0.5, 0.6) is 0 Å². The third-order valence-corrected chi connectivity index (χ3v) is 11.7. The summed E-state index contributed by atoms with van der Waals surface area (Å²) in [7, 11) is 0. The van der Waals surface area contributed by atoms with Crippen LogP contribution in [-0.2, 0) is 28.6 Å². The van der Waals surface area contributed by atoms with Crippen LogP contribution < -0.4 is 0 Å². The lowest BCUT2D eigenvalue weighted by atomic mass is 10.1. The monoisotopic (exact) mass is 907 g/mol. The van der Waals surface area contributed by atoms with Gasteiger partial charge in [-0.1, -0.05) is 203 Å². The van der Waals surface area contributed by atoms with Gasteiger partial charge in [0.15, 0.2) is 6.10 Å². The first-order valence-electron chi connectivity index (χ1n) is 27.4. The molecule has 0 saturated carbocycles. The molecule has 0 N–H and O–H groups in total. The van der Waals surface area contributed by atoms with Gasteiger partial charge in [-0.15, -0.1) is 0 Å². The Morgan fingerprint density at radius 1 is 0.308 bits per heavy atom. The Balaban J connectivity index is 4.46. The first-order valence-corrected chi connectivity index (χ1v) is 27.4. The smallest absolute Gasteiger partial charge is 0.306 e. The molecular formula is C59H102O6. The van der Waals surface area contributed by atoms with Crippen molar-refractivity contribution in [1.82, 2.24) is 0 Å². The van der Waals surface area contributed by atoms with E-state index in [0.29, 0.717) is 12.8 Å². The highest BCUT2D eigenvalue weighted by molar-refractivity contribution is 5.71. The third-order valence-electron chi connectivity index (χ3n) is 11.7. The maximum Gasteiger partial charge on any atom is 0.306 e. The summed E-state index contributed by atoms with van der Waals surface area (Å²) in [6, 6.07) is 0. The minimum atomic E-state index is -0.798. The van der Waals surface area contributed by atoms with Crippen molar-refractivity contribution in [2.45, 2.75) is 271 Å². The molecule has 1 atom stereocenters. The van der Waals surface area contributed by atoms with Gasteiger partial charge in [0.1, 0.15) is 13.2 Å². The molecule has 0 aromatic heterocycles. The molecule has 0 unspecified atom stereocenters. The van der Waals surface area contributed by atoms with E-state index < -0.39 is 6.10 Å². The Kier molecular flexibility index (Phi) is 50.9. The minimum absolute atomic E-state index is 0.0951. The van der Waals surface area contributed by atoms with Crippen molar-refractivity contribution in [3.05, 3.63) is 72.9 Å². The van der Waals surface area contributed by atoms with Crippen LogP contribution in [0.3, 0.4) is 0 Å². The van der Waals surface area contributed by atoms with Gasteiger partial charge in [-0.05, 0) is 116 Å². The molecule has 0 heterocycles. The predicted octanol–water partition coefficient (Wildman–Crippen LogP) is 18.2. The first-order chi connectivity index (χ1) is 32.0. The zero-order chi connectivity index (χ0) is 47.2. The highest BCUT2D eigenvalue weighted by atomic mass is 16.6. The summed E-state index contributed by atoms with van der Waals surface area (Å²) in [6.07, 6.45) is 67.4. The van der Waals surface area contributed by atoms with Crippen molar-refractivity contribution >= 4 is 17.9 Å². The summed E-state index contributed by atoms with van der Waals surface area (Å²) < 4.78 is 16.8. The number of ether oxygens (including phenoxy) is 3. The van der Waals surface area contributed by atoms with Crippen LogP contribution in [-0.4, -0.2) is 37.2 Å². The lowest BCUT2D eigenvalue weighted by Gasteiger charge is -2.18. The quantitative estimate of drug-likeness (QED) is 0.0262. The van der Waals surface area contributed by atoms with Gasteiger partial charge in [0, 0.05) is 19.3 Å². The van der Waals surface area contributed by atoms with Crippen LogP contribution in [0, 0.1) is 0 Å². The molecule has 0 aliphatic heterocycles. The predicted molar refractivity (Wildman–Crippen MR) is 279 cm³/mol. The van der Waals surface area contributed by atoms with E-state index in [-0.39, 0.29) is 37.5 Å². The van der Waals surface area contributed by atoms with Gasteiger partial charge in [0.05, 0.1) is 0 Å². The Hall–Kier alpha value is -3.15. The number of esters is 3. The van der Waals surface area contributed by atoms with Gasteiger partial charge in [-0.25, -0.2) is 0 Å². The summed E-state index contributed by atoms with van der Waals surface area (Å²) in [6.45, 7) is 6.56. The molecule has 0 spiro atoms. The molecule has 0 bridgehead atoms. The normalized spacial score (nSPS) is 12.6. The lowest BCUT2D eigenvalue weighted by Crippen LogP contribution is -2.30. The molecule has 6 nitrogen and oxygen atoms in total. The van der Waals surface area contributed by atoms with E-state index in [1.165, 1.54) is 128 Å². The second-order valence-electron chi connectivity index (χ2n) is 18.1. The fraction of sp³-hybridized carbons (Fsp3) is 0.746. The van der Waals surface area contributed by atoms with Crippen LogP contribution in [0.1, 0.15) is 265 Å². The Labute approximate surface area is 402 Å². The van der Waals surface area contributed by atoms with E-state index in [0.717, 1.165) is 96.3 Å². The number of rotatable bonds is 49. The molecule has 0 aliphatic rings. The second kappa shape index (κ2) is 53.5. The van der Waals surface area contributed by atoms with E-state index in [1.54, 1.807) is 0 Å². The van der Waals surface area contributed by atoms with Gasteiger partial charge in [0.2, 0.25) is 0 Å². The van der Waals surface area contributed by atoms with E-state index >= 15 is 0 Å². The van der Waals surface area contributed by atoms with Crippen LogP contribution >= 0.6 is 0 Å². The van der Waals surface area contributed by atoms with E-state index in [2.05, 4.69) is 93.7 Å². The number of carbonyl (C=O) groups excluding carboxylic acids is 3. The third kappa shape index (κ3) is 51.7. The van der Waals surface area contributed by atoms with Crippen LogP contribution in [0.25, 0.3) is 0 Å². The molecule has 65 heavy (non-hydrogen) atoms. The zero-order valence-electron chi connectivity index (χ0n) is 42.7. The highest BCUT2D eigenvalue weighted by Gasteiger charge is 2.19. The fourth-order valence-corrected chi connectivity index (χ4v) is 7.47. The maximum absolute atomic E-state index is 12.8. The van der Waals surface area contributed by atoms with Gasteiger partial charge in [0.25, 0.3) is 0 Å². The maximum atomic E-state index is 12.8. The number of hydrogen-bond acceptors (Lipinski definition) is 6. The van der Waals surface area contributed by atoms with Crippen LogP contribution in [0.2, 0.25) is 0 Å². The van der Waals surface area contributed by atoms with Crippen molar-refractivity contribution in [3.8, 4) is 0 Å². The SMILES string of the molecule is CCCCC/C=C\C/C=C\C/C=C\C/C=C\CCCCCC(=O)O[C@@H](COC(=O)CCCCCCC/C=C\CCCCCC)COC(=O)CCCCCCC/C=C\CCCCCCCC. The van der Waals surface area contributed by atoms with Gasteiger partial charge >= 0.3 is 17.9 Å². The second-order valence-corrected chi connectivity index (χ2v) is 18.1. The Morgan fingerprint density at radius 2 is 0.554 bits per heavy atom. The van der Waals surface area contributed by atoms with E-state index in [1.807, 2.05) is 0 Å².